The molecule has 0 saturated heterocycles. The summed E-state index contributed by atoms with van der Waals surface area (Å²) in [6.45, 7) is 1.16. The second kappa shape index (κ2) is 7.27. The van der Waals surface area contributed by atoms with Crippen LogP contribution in [0.2, 0.25) is 5.02 Å². The molecule has 5 nitrogen and oxygen atoms in total. The number of nitrogens with two attached hydrogens (primary N) is 1. The maximum Gasteiger partial charge on any atom is 0.293 e. The van der Waals surface area contributed by atoms with Gasteiger partial charge >= 0.3 is 0 Å². The molecule has 0 amide bonds. The fraction of sp³-hybridized carbons (Fsp3) is 0.333. The van der Waals surface area contributed by atoms with Crippen LogP contribution in [-0.4, -0.2) is 18.0 Å². The van der Waals surface area contributed by atoms with Crippen LogP contribution in [0.15, 0.2) is 18.2 Å². The highest BCUT2D eigenvalue weighted by Crippen LogP contribution is 2.27. The Hall–Kier alpha value is -1.04. The predicted molar refractivity (Wildman–Crippen MR) is 67.5 cm³/mol. The van der Waals surface area contributed by atoms with Gasteiger partial charge in [-0.1, -0.05) is 11.6 Å². The molecular weight excluding hydrogens is 253 g/mol. The normalized spacial score (nSPS) is 9.38. The topological polar surface area (TPSA) is 81.2 Å². The molecule has 0 spiro atoms. The zero-order chi connectivity index (χ0) is 11.3. The van der Waals surface area contributed by atoms with Gasteiger partial charge in [0.1, 0.15) is 5.69 Å². The van der Waals surface area contributed by atoms with E-state index in [-0.39, 0.29) is 18.1 Å². The SMILES string of the molecule is Cl.NCCCNc1ccc(Cl)cc1[N+](=O)[O-]. The molecule has 0 fully saturated rings. The van der Waals surface area contributed by atoms with Crippen LogP contribution in [-0.2, 0) is 0 Å². The third-order valence-electron chi connectivity index (χ3n) is 1.85. The lowest BCUT2D eigenvalue weighted by molar-refractivity contribution is -0.383. The monoisotopic (exact) mass is 265 g/mol. The van der Waals surface area contributed by atoms with Gasteiger partial charge in [-0.05, 0) is 25.1 Å². The molecule has 0 aliphatic rings. The zero-order valence-corrected chi connectivity index (χ0v) is 10.1. The van der Waals surface area contributed by atoms with Gasteiger partial charge in [-0.25, -0.2) is 0 Å². The van der Waals surface area contributed by atoms with Crippen molar-refractivity contribution in [3.8, 4) is 0 Å². The highest BCUT2D eigenvalue weighted by molar-refractivity contribution is 6.30. The summed E-state index contributed by atoms with van der Waals surface area (Å²) in [5.41, 5.74) is 5.78. The molecule has 0 radical (unpaired) electrons. The summed E-state index contributed by atoms with van der Waals surface area (Å²) in [4.78, 5) is 10.2. The first kappa shape index (κ1) is 15.0. The number of benzene rings is 1. The van der Waals surface area contributed by atoms with Crippen LogP contribution >= 0.6 is 24.0 Å². The number of anilines is 1. The van der Waals surface area contributed by atoms with Gasteiger partial charge in [-0.3, -0.25) is 10.1 Å². The van der Waals surface area contributed by atoms with E-state index in [4.69, 9.17) is 17.3 Å². The summed E-state index contributed by atoms with van der Waals surface area (Å²) < 4.78 is 0. The van der Waals surface area contributed by atoms with Crippen molar-refractivity contribution in [2.75, 3.05) is 18.4 Å². The Kier molecular flexibility index (Phi) is 6.80. The molecule has 0 unspecified atom stereocenters. The van der Waals surface area contributed by atoms with Crippen molar-refractivity contribution in [2.24, 2.45) is 5.73 Å². The number of nitrogens with zero attached hydrogens (tertiary/aromatic N) is 1. The smallest absolute Gasteiger partial charge is 0.293 e. The molecule has 1 rings (SSSR count). The van der Waals surface area contributed by atoms with Crippen LogP contribution in [0.25, 0.3) is 0 Å². The third-order valence-corrected chi connectivity index (χ3v) is 2.09. The van der Waals surface area contributed by atoms with Crippen molar-refractivity contribution in [1.29, 1.82) is 0 Å². The quantitative estimate of drug-likeness (QED) is 0.487. The third kappa shape index (κ3) is 4.22. The molecule has 0 saturated carbocycles. The van der Waals surface area contributed by atoms with E-state index < -0.39 is 4.92 Å². The Morgan fingerprint density at radius 1 is 1.50 bits per heavy atom. The maximum absolute atomic E-state index is 10.7. The summed E-state index contributed by atoms with van der Waals surface area (Å²) >= 11 is 5.67. The van der Waals surface area contributed by atoms with E-state index in [1.54, 1.807) is 12.1 Å². The summed E-state index contributed by atoms with van der Waals surface area (Å²) in [7, 11) is 0. The molecule has 3 N–H and O–H groups in total. The Balaban J connectivity index is 0.00000225. The van der Waals surface area contributed by atoms with Gasteiger partial charge < -0.3 is 11.1 Å². The number of rotatable bonds is 5. The van der Waals surface area contributed by atoms with E-state index in [9.17, 15) is 10.1 Å². The van der Waals surface area contributed by atoms with Crippen LogP contribution < -0.4 is 11.1 Å². The molecule has 1 aromatic rings. The number of nitrogens with one attached hydrogen (secondary N) is 1. The number of hydrogen-bond acceptors (Lipinski definition) is 4. The highest BCUT2D eigenvalue weighted by atomic mass is 35.5. The lowest BCUT2D eigenvalue weighted by atomic mass is 10.2. The Bertz CT molecular complexity index is 361. The van der Waals surface area contributed by atoms with E-state index in [1.165, 1.54) is 6.07 Å². The van der Waals surface area contributed by atoms with E-state index in [2.05, 4.69) is 5.32 Å². The summed E-state index contributed by atoms with van der Waals surface area (Å²) in [6.07, 6.45) is 0.764. The van der Waals surface area contributed by atoms with Crippen molar-refractivity contribution in [2.45, 2.75) is 6.42 Å². The fourth-order valence-electron chi connectivity index (χ4n) is 1.13. The van der Waals surface area contributed by atoms with Crippen LogP contribution in [0.1, 0.15) is 6.42 Å². The second-order valence-electron chi connectivity index (χ2n) is 2.99. The lowest BCUT2D eigenvalue weighted by Gasteiger charge is -2.06. The standard InChI is InChI=1S/C9H12ClN3O2.ClH/c10-7-2-3-8(12-5-1-4-11)9(6-7)13(14)15;/h2-3,6,12H,1,4-5,11H2;1H. The second-order valence-corrected chi connectivity index (χ2v) is 3.42. The van der Waals surface area contributed by atoms with Crippen molar-refractivity contribution < 1.29 is 4.92 Å². The first-order valence-corrected chi connectivity index (χ1v) is 4.91. The molecule has 16 heavy (non-hydrogen) atoms. The molecule has 0 atom stereocenters. The minimum atomic E-state index is -0.462. The molecule has 0 aromatic heterocycles. The van der Waals surface area contributed by atoms with Crippen molar-refractivity contribution in [3.05, 3.63) is 33.3 Å². The summed E-state index contributed by atoms with van der Waals surface area (Å²) in [5.74, 6) is 0. The molecule has 0 heterocycles. The van der Waals surface area contributed by atoms with Gasteiger partial charge in [0, 0.05) is 17.6 Å². The first-order valence-electron chi connectivity index (χ1n) is 4.53. The van der Waals surface area contributed by atoms with Gasteiger partial charge in [-0.2, -0.15) is 0 Å². The van der Waals surface area contributed by atoms with E-state index >= 15 is 0 Å². The maximum atomic E-state index is 10.7. The Morgan fingerprint density at radius 2 is 2.19 bits per heavy atom. The number of nitro groups is 1. The zero-order valence-electron chi connectivity index (χ0n) is 8.48. The molecular formula is C9H13Cl2N3O2. The van der Waals surface area contributed by atoms with Gasteiger partial charge in [0.15, 0.2) is 0 Å². The van der Waals surface area contributed by atoms with Crippen molar-refractivity contribution >= 4 is 35.4 Å². The van der Waals surface area contributed by atoms with Gasteiger partial charge in [-0.15, -0.1) is 12.4 Å². The number of nitro benzene ring substituents is 1. The fourth-order valence-corrected chi connectivity index (χ4v) is 1.30. The number of hydrogen-bond donors (Lipinski definition) is 2. The van der Waals surface area contributed by atoms with Gasteiger partial charge in [0.05, 0.1) is 4.92 Å². The van der Waals surface area contributed by atoms with Crippen LogP contribution in [0.4, 0.5) is 11.4 Å². The average molecular weight is 266 g/mol. The predicted octanol–water partition coefficient (Wildman–Crippen LogP) is 2.43. The first-order chi connectivity index (χ1) is 7.15. The highest BCUT2D eigenvalue weighted by Gasteiger charge is 2.13. The average Bonchev–Trinajstić information content (AvgIpc) is 2.20. The Labute approximate surface area is 105 Å². The summed E-state index contributed by atoms with van der Waals surface area (Å²) in [5, 5.41) is 14.0. The van der Waals surface area contributed by atoms with Crippen LogP contribution in [0, 0.1) is 10.1 Å². The molecule has 0 bridgehead atoms. The van der Waals surface area contributed by atoms with E-state index in [1.807, 2.05) is 0 Å². The van der Waals surface area contributed by atoms with E-state index in [0.717, 1.165) is 6.42 Å². The van der Waals surface area contributed by atoms with Crippen LogP contribution in [0.3, 0.4) is 0 Å². The molecule has 90 valence electrons. The van der Waals surface area contributed by atoms with Crippen molar-refractivity contribution in [1.82, 2.24) is 0 Å². The van der Waals surface area contributed by atoms with Crippen LogP contribution in [0.5, 0.6) is 0 Å². The molecule has 0 aliphatic carbocycles. The molecule has 0 aliphatic heterocycles. The largest absolute Gasteiger partial charge is 0.379 e. The lowest BCUT2D eigenvalue weighted by Crippen LogP contribution is -2.09. The van der Waals surface area contributed by atoms with Crippen molar-refractivity contribution in [3.63, 3.8) is 0 Å². The number of halogens is 2. The summed E-state index contributed by atoms with van der Waals surface area (Å²) in [6, 6.07) is 4.53. The van der Waals surface area contributed by atoms with Gasteiger partial charge in [0.2, 0.25) is 0 Å². The molecule has 1 aromatic carbocycles. The molecule has 7 heteroatoms. The minimum absolute atomic E-state index is 0. The van der Waals surface area contributed by atoms with E-state index in [0.29, 0.717) is 23.8 Å². The minimum Gasteiger partial charge on any atom is -0.379 e. The van der Waals surface area contributed by atoms with Gasteiger partial charge in [0.25, 0.3) is 5.69 Å². The Morgan fingerprint density at radius 3 is 2.75 bits per heavy atom.